The molecule has 0 fully saturated rings. The minimum atomic E-state index is -0.342. The SMILES string of the molecule is Cc1ccc(C=CC(=O)NC(=S)Nc2ccc(Oc3ccccc3)cc2)o1. The summed E-state index contributed by atoms with van der Waals surface area (Å²) in [4.78, 5) is 11.9. The molecule has 136 valence electrons. The van der Waals surface area contributed by atoms with E-state index >= 15 is 0 Å². The number of hydrogen-bond acceptors (Lipinski definition) is 4. The average molecular weight is 378 g/mol. The van der Waals surface area contributed by atoms with Gasteiger partial charge < -0.3 is 14.5 Å². The van der Waals surface area contributed by atoms with Crippen molar-refractivity contribution < 1.29 is 13.9 Å². The van der Waals surface area contributed by atoms with Gasteiger partial charge in [-0.15, -0.1) is 0 Å². The summed E-state index contributed by atoms with van der Waals surface area (Å²) < 4.78 is 11.1. The first-order chi connectivity index (χ1) is 13.1. The molecule has 0 unspecified atom stereocenters. The Labute approximate surface area is 162 Å². The molecule has 2 N–H and O–H groups in total. The average Bonchev–Trinajstić information content (AvgIpc) is 3.08. The van der Waals surface area contributed by atoms with Crippen molar-refractivity contribution >= 4 is 35.0 Å². The zero-order chi connectivity index (χ0) is 19.1. The molecule has 0 atom stereocenters. The van der Waals surface area contributed by atoms with E-state index in [1.165, 1.54) is 6.08 Å². The first-order valence-corrected chi connectivity index (χ1v) is 8.69. The molecule has 1 aromatic heterocycles. The quantitative estimate of drug-likeness (QED) is 0.488. The number of nitrogens with one attached hydrogen (secondary N) is 2. The highest BCUT2D eigenvalue weighted by Gasteiger charge is 2.03. The molecule has 0 spiro atoms. The number of ether oxygens (including phenoxy) is 1. The van der Waals surface area contributed by atoms with E-state index in [0.717, 1.165) is 17.2 Å². The number of amides is 1. The first-order valence-electron chi connectivity index (χ1n) is 8.28. The van der Waals surface area contributed by atoms with Crippen molar-refractivity contribution in [2.45, 2.75) is 6.92 Å². The van der Waals surface area contributed by atoms with E-state index in [1.54, 1.807) is 12.1 Å². The molecule has 0 aliphatic carbocycles. The van der Waals surface area contributed by atoms with Crippen LogP contribution >= 0.6 is 12.2 Å². The molecule has 0 bridgehead atoms. The molecule has 2 aromatic carbocycles. The number of para-hydroxylation sites is 1. The molecule has 0 radical (unpaired) electrons. The number of furan rings is 1. The van der Waals surface area contributed by atoms with Gasteiger partial charge in [-0.3, -0.25) is 10.1 Å². The Hall–Kier alpha value is -3.38. The van der Waals surface area contributed by atoms with Crippen LogP contribution in [-0.2, 0) is 4.79 Å². The van der Waals surface area contributed by atoms with Gasteiger partial charge in [0.25, 0.3) is 0 Å². The van der Waals surface area contributed by atoms with E-state index in [9.17, 15) is 4.79 Å². The van der Waals surface area contributed by atoms with Gasteiger partial charge >= 0.3 is 0 Å². The summed E-state index contributed by atoms with van der Waals surface area (Å²) in [5.74, 6) is 2.52. The second-order valence-corrected chi connectivity index (χ2v) is 6.07. The van der Waals surface area contributed by atoms with Crippen LogP contribution in [0.4, 0.5) is 5.69 Å². The van der Waals surface area contributed by atoms with E-state index in [2.05, 4.69) is 10.6 Å². The fraction of sp³-hybridized carbons (Fsp3) is 0.0476. The van der Waals surface area contributed by atoms with Crippen LogP contribution in [0.5, 0.6) is 11.5 Å². The Kier molecular flexibility index (Phi) is 6.02. The lowest BCUT2D eigenvalue weighted by Crippen LogP contribution is -2.32. The van der Waals surface area contributed by atoms with Crippen LogP contribution in [0.15, 0.2) is 77.2 Å². The summed E-state index contributed by atoms with van der Waals surface area (Å²) in [5, 5.41) is 5.74. The molecule has 6 heteroatoms. The lowest BCUT2D eigenvalue weighted by molar-refractivity contribution is -0.115. The zero-order valence-corrected chi connectivity index (χ0v) is 15.5. The van der Waals surface area contributed by atoms with E-state index in [4.69, 9.17) is 21.4 Å². The van der Waals surface area contributed by atoms with Crippen molar-refractivity contribution in [3.05, 3.63) is 84.3 Å². The van der Waals surface area contributed by atoms with Gasteiger partial charge in [0.2, 0.25) is 5.91 Å². The lowest BCUT2D eigenvalue weighted by Gasteiger charge is -2.09. The number of carbonyl (C=O) groups excluding carboxylic acids is 1. The Morgan fingerprint density at radius 3 is 2.37 bits per heavy atom. The summed E-state index contributed by atoms with van der Waals surface area (Å²) in [5.41, 5.74) is 0.742. The second-order valence-electron chi connectivity index (χ2n) is 5.66. The Morgan fingerprint density at radius 2 is 1.70 bits per heavy atom. The number of aryl methyl sites for hydroxylation is 1. The van der Waals surface area contributed by atoms with Gasteiger partial charge in [0.1, 0.15) is 23.0 Å². The third-order valence-electron chi connectivity index (χ3n) is 3.49. The maximum atomic E-state index is 11.9. The summed E-state index contributed by atoms with van der Waals surface area (Å²) in [6, 6.07) is 20.4. The predicted octanol–water partition coefficient (Wildman–Crippen LogP) is 4.91. The molecule has 0 saturated heterocycles. The van der Waals surface area contributed by atoms with Crippen LogP contribution in [0.2, 0.25) is 0 Å². The molecular formula is C21H18N2O3S. The summed E-state index contributed by atoms with van der Waals surface area (Å²) in [7, 11) is 0. The Bertz CT molecular complexity index is 947. The van der Waals surface area contributed by atoms with Crippen molar-refractivity contribution in [2.75, 3.05) is 5.32 Å². The second kappa shape index (κ2) is 8.82. The van der Waals surface area contributed by atoms with Gasteiger partial charge in [-0.1, -0.05) is 18.2 Å². The van der Waals surface area contributed by atoms with Crippen molar-refractivity contribution in [1.29, 1.82) is 0 Å². The summed E-state index contributed by atoms with van der Waals surface area (Å²) >= 11 is 5.15. The van der Waals surface area contributed by atoms with Gasteiger partial charge in [0, 0.05) is 11.8 Å². The zero-order valence-electron chi connectivity index (χ0n) is 14.6. The van der Waals surface area contributed by atoms with Gasteiger partial charge in [-0.25, -0.2) is 0 Å². The number of carbonyl (C=O) groups is 1. The van der Waals surface area contributed by atoms with Crippen molar-refractivity contribution in [3.8, 4) is 11.5 Å². The van der Waals surface area contributed by atoms with Gasteiger partial charge in [0.05, 0.1) is 0 Å². The van der Waals surface area contributed by atoms with E-state index < -0.39 is 0 Å². The van der Waals surface area contributed by atoms with Crippen LogP contribution in [0, 0.1) is 6.92 Å². The van der Waals surface area contributed by atoms with E-state index in [0.29, 0.717) is 11.5 Å². The molecule has 1 heterocycles. The molecule has 3 aromatic rings. The summed E-state index contributed by atoms with van der Waals surface area (Å²) in [6.07, 6.45) is 2.95. The monoisotopic (exact) mass is 378 g/mol. The lowest BCUT2D eigenvalue weighted by atomic mass is 10.3. The normalized spacial score (nSPS) is 10.6. The summed E-state index contributed by atoms with van der Waals surface area (Å²) in [6.45, 7) is 1.84. The highest BCUT2D eigenvalue weighted by Crippen LogP contribution is 2.22. The molecule has 5 nitrogen and oxygen atoms in total. The maximum absolute atomic E-state index is 11.9. The topological polar surface area (TPSA) is 63.5 Å². The van der Waals surface area contributed by atoms with Crippen molar-refractivity contribution in [1.82, 2.24) is 5.32 Å². The minimum Gasteiger partial charge on any atom is -0.462 e. The Morgan fingerprint density at radius 1 is 1.00 bits per heavy atom. The predicted molar refractivity (Wildman–Crippen MR) is 110 cm³/mol. The van der Waals surface area contributed by atoms with Crippen LogP contribution in [0.25, 0.3) is 6.08 Å². The molecular weight excluding hydrogens is 360 g/mol. The van der Waals surface area contributed by atoms with Gasteiger partial charge in [0.15, 0.2) is 5.11 Å². The smallest absolute Gasteiger partial charge is 0.250 e. The number of anilines is 1. The fourth-order valence-corrected chi connectivity index (χ4v) is 2.47. The largest absolute Gasteiger partial charge is 0.462 e. The maximum Gasteiger partial charge on any atom is 0.250 e. The molecule has 0 saturated carbocycles. The number of benzene rings is 2. The first kappa shape index (κ1) is 18.4. The molecule has 27 heavy (non-hydrogen) atoms. The molecule has 1 amide bonds. The number of hydrogen-bond donors (Lipinski definition) is 2. The third kappa shape index (κ3) is 5.83. The highest BCUT2D eigenvalue weighted by molar-refractivity contribution is 7.80. The van der Waals surface area contributed by atoms with Crippen molar-refractivity contribution in [3.63, 3.8) is 0 Å². The minimum absolute atomic E-state index is 0.206. The van der Waals surface area contributed by atoms with Crippen LogP contribution in [-0.4, -0.2) is 11.0 Å². The van der Waals surface area contributed by atoms with Gasteiger partial charge in [-0.2, -0.15) is 0 Å². The van der Waals surface area contributed by atoms with E-state index in [-0.39, 0.29) is 11.0 Å². The number of rotatable bonds is 5. The van der Waals surface area contributed by atoms with Crippen molar-refractivity contribution in [2.24, 2.45) is 0 Å². The molecule has 3 rings (SSSR count). The number of thiocarbonyl (C=S) groups is 1. The standard InChI is InChI=1S/C21H18N2O3S/c1-15-7-10-18(25-15)13-14-20(24)23-21(27)22-16-8-11-19(12-9-16)26-17-5-3-2-4-6-17/h2-14H,1H3,(H2,22,23,24,27). The third-order valence-corrected chi connectivity index (χ3v) is 3.69. The van der Waals surface area contributed by atoms with Crippen LogP contribution < -0.4 is 15.4 Å². The molecule has 0 aliphatic rings. The van der Waals surface area contributed by atoms with E-state index in [1.807, 2.05) is 67.6 Å². The van der Waals surface area contributed by atoms with Crippen LogP contribution in [0.1, 0.15) is 11.5 Å². The Balaban J connectivity index is 1.50. The van der Waals surface area contributed by atoms with Gasteiger partial charge in [-0.05, 0) is 73.7 Å². The van der Waals surface area contributed by atoms with Crippen LogP contribution in [0.3, 0.4) is 0 Å². The molecule has 0 aliphatic heterocycles. The highest BCUT2D eigenvalue weighted by atomic mass is 32.1. The fourth-order valence-electron chi connectivity index (χ4n) is 2.25.